The highest BCUT2D eigenvalue weighted by molar-refractivity contribution is 6.01. The van der Waals surface area contributed by atoms with E-state index in [1.54, 1.807) is 4.90 Å². The van der Waals surface area contributed by atoms with Crippen LogP contribution in [0.1, 0.15) is 27.2 Å². The number of hydrogen-bond donors (Lipinski definition) is 1. The van der Waals surface area contributed by atoms with Gasteiger partial charge in [-0.2, -0.15) is 0 Å². The minimum atomic E-state index is -1.31. The van der Waals surface area contributed by atoms with Gasteiger partial charge in [-0.3, -0.25) is 14.5 Å². The molecule has 1 saturated heterocycles. The van der Waals surface area contributed by atoms with E-state index in [0.717, 1.165) is 26.1 Å². The first-order valence-electron chi connectivity index (χ1n) is 6.14. The van der Waals surface area contributed by atoms with Crippen LogP contribution in [0.25, 0.3) is 0 Å². The normalized spacial score (nSPS) is 18.2. The van der Waals surface area contributed by atoms with Crippen LogP contribution in [-0.2, 0) is 9.59 Å². The number of rotatable bonds is 4. The van der Waals surface area contributed by atoms with E-state index in [1.807, 2.05) is 0 Å². The molecule has 5 nitrogen and oxygen atoms in total. The molecule has 0 atom stereocenters. The summed E-state index contributed by atoms with van der Waals surface area (Å²) in [6.07, 6.45) is 1.11. The summed E-state index contributed by atoms with van der Waals surface area (Å²) in [5.74, 6) is -1.33. The largest absolute Gasteiger partial charge is 0.480 e. The van der Waals surface area contributed by atoms with Gasteiger partial charge >= 0.3 is 5.97 Å². The Hall–Kier alpha value is -1.10. The van der Waals surface area contributed by atoms with E-state index in [9.17, 15) is 9.59 Å². The first kappa shape index (κ1) is 14.0. The van der Waals surface area contributed by atoms with E-state index in [1.165, 1.54) is 13.8 Å². The Morgan fingerprint density at radius 3 is 2.12 bits per heavy atom. The van der Waals surface area contributed by atoms with Crippen LogP contribution in [0.5, 0.6) is 0 Å². The molecule has 1 rings (SSSR count). The molecule has 1 N–H and O–H groups in total. The maximum Gasteiger partial charge on any atom is 0.318 e. The second kappa shape index (κ2) is 5.49. The third-order valence-electron chi connectivity index (χ3n) is 3.27. The molecule has 0 aromatic heterocycles. The Balaban J connectivity index is 2.54. The van der Waals surface area contributed by atoms with E-state index in [0.29, 0.717) is 13.1 Å². The third kappa shape index (κ3) is 3.19. The highest BCUT2D eigenvalue weighted by Gasteiger charge is 2.39. The Bertz CT molecular complexity index is 294. The van der Waals surface area contributed by atoms with Gasteiger partial charge in [0, 0.05) is 26.2 Å². The molecule has 5 heteroatoms. The highest BCUT2D eigenvalue weighted by Crippen LogP contribution is 2.20. The molecule has 17 heavy (non-hydrogen) atoms. The van der Waals surface area contributed by atoms with Gasteiger partial charge in [0.2, 0.25) is 5.91 Å². The quantitative estimate of drug-likeness (QED) is 0.735. The van der Waals surface area contributed by atoms with Crippen molar-refractivity contribution in [2.24, 2.45) is 5.41 Å². The number of carboxylic acids is 1. The van der Waals surface area contributed by atoms with Gasteiger partial charge in [-0.15, -0.1) is 0 Å². The van der Waals surface area contributed by atoms with E-state index < -0.39 is 11.4 Å². The van der Waals surface area contributed by atoms with Gasteiger partial charge < -0.3 is 10.0 Å². The molecule has 1 aliphatic rings. The van der Waals surface area contributed by atoms with Crippen LogP contribution in [0.2, 0.25) is 0 Å². The van der Waals surface area contributed by atoms with Gasteiger partial charge in [0.15, 0.2) is 0 Å². The van der Waals surface area contributed by atoms with Gasteiger partial charge in [-0.25, -0.2) is 0 Å². The molecular formula is C12H22N2O3. The highest BCUT2D eigenvalue weighted by atomic mass is 16.4. The predicted octanol–water partition coefficient (Wildman–Crippen LogP) is 0.651. The van der Waals surface area contributed by atoms with Crippen molar-refractivity contribution in [1.29, 1.82) is 0 Å². The van der Waals surface area contributed by atoms with Crippen LogP contribution in [0.4, 0.5) is 0 Å². The molecule has 0 aliphatic carbocycles. The second-order valence-corrected chi connectivity index (χ2v) is 5.06. The lowest BCUT2D eigenvalue weighted by Gasteiger charge is -2.37. The van der Waals surface area contributed by atoms with Crippen LogP contribution in [0.3, 0.4) is 0 Å². The first-order valence-corrected chi connectivity index (χ1v) is 6.14. The lowest BCUT2D eigenvalue weighted by atomic mass is 9.91. The number of hydrogen-bond acceptors (Lipinski definition) is 3. The molecule has 1 fully saturated rings. The van der Waals surface area contributed by atoms with Crippen molar-refractivity contribution in [1.82, 2.24) is 9.80 Å². The Labute approximate surface area is 102 Å². The number of carbonyl (C=O) groups is 2. The van der Waals surface area contributed by atoms with E-state index >= 15 is 0 Å². The average Bonchev–Trinajstić information content (AvgIpc) is 2.29. The topological polar surface area (TPSA) is 60.9 Å². The van der Waals surface area contributed by atoms with Gasteiger partial charge in [0.1, 0.15) is 5.41 Å². The standard InChI is InChI=1S/C12H22N2O3/c1-4-5-13-6-8-14(9-7-13)10(15)12(2,3)11(16)17/h4-9H2,1-3H3,(H,16,17). The molecule has 0 unspecified atom stereocenters. The number of nitrogens with zero attached hydrogens (tertiary/aromatic N) is 2. The fourth-order valence-electron chi connectivity index (χ4n) is 1.98. The number of amides is 1. The lowest BCUT2D eigenvalue weighted by molar-refractivity contribution is -0.159. The van der Waals surface area contributed by atoms with Gasteiger partial charge in [0.05, 0.1) is 0 Å². The minimum absolute atomic E-state index is 0.277. The summed E-state index contributed by atoms with van der Waals surface area (Å²) in [5.41, 5.74) is -1.31. The van der Waals surface area contributed by atoms with Crippen LogP contribution in [0.15, 0.2) is 0 Å². The average molecular weight is 242 g/mol. The number of piperazine rings is 1. The molecule has 0 spiro atoms. The smallest absolute Gasteiger partial charge is 0.318 e. The Morgan fingerprint density at radius 2 is 1.71 bits per heavy atom. The molecule has 0 saturated carbocycles. The van der Waals surface area contributed by atoms with E-state index in [4.69, 9.17) is 5.11 Å². The minimum Gasteiger partial charge on any atom is -0.480 e. The van der Waals surface area contributed by atoms with Crippen molar-refractivity contribution in [2.75, 3.05) is 32.7 Å². The van der Waals surface area contributed by atoms with Crippen molar-refractivity contribution < 1.29 is 14.7 Å². The van der Waals surface area contributed by atoms with Gasteiger partial charge in [-0.1, -0.05) is 6.92 Å². The van der Waals surface area contributed by atoms with Crippen molar-refractivity contribution in [3.63, 3.8) is 0 Å². The molecule has 0 aromatic carbocycles. The maximum atomic E-state index is 12.1. The molecule has 1 heterocycles. The number of carboxylic acid groups (broad SMARTS) is 1. The monoisotopic (exact) mass is 242 g/mol. The molecule has 98 valence electrons. The van der Waals surface area contributed by atoms with Crippen LogP contribution in [0, 0.1) is 5.41 Å². The summed E-state index contributed by atoms with van der Waals surface area (Å²) < 4.78 is 0. The van der Waals surface area contributed by atoms with Gasteiger partial charge in [0.25, 0.3) is 0 Å². The first-order chi connectivity index (χ1) is 7.89. The Morgan fingerprint density at radius 1 is 1.18 bits per heavy atom. The molecule has 0 bridgehead atoms. The van der Waals surface area contributed by atoms with Crippen LogP contribution >= 0.6 is 0 Å². The number of aliphatic carboxylic acids is 1. The maximum absolute atomic E-state index is 12.1. The fourth-order valence-corrected chi connectivity index (χ4v) is 1.98. The lowest BCUT2D eigenvalue weighted by Crippen LogP contribution is -2.53. The zero-order valence-electron chi connectivity index (χ0n) is 10.9. The summed E-state index contributed by atoms with van der Waals surface area (Å²) in [6, 6.07) is 0. The van der Waals surface area contributed by atoms with E-state index in [2.05, 4.69) is 11.8 Å². The third-order valence-corrected chi connectivity index (χ3v) is 3.27. The van der Waals surface area contributed by atoms with Crippen molar-refractivity contribution >= 4 is 11.9 Å². The van der Waals surface area contributed by atoms with E-state index in [-0.39, 0.29) is 5.91 Å². The summed E-state index contributed by atoms with van der Waals surface area (Å²) in [4.78, 5) is 27.0. The Kier molecular flexibility index (Phi) is 4.51. The SMILES string of the molecule is CCCN1CCN(C(=O)C(C)(C)C(=O)O)CC1. The van der Waals surface area contributed by atoms with Crippen molar-refractivity contribution in [3.8, 4) is 0 Å². The zero-order valence-corrected chi connectivity index (χ0v) is 10.9. The van der Waals surface area contributed by atoms with Crippen LogP contribution < -0.4 is 0 Å². The molecular weight excluding hydrogens is 220 g/mol. The predicted molar refractivity (Wildman–Crippen MR) is 64.7 cm³/mol. The summed E-state index contributed by atoms with van der Waals surface area (Å²) >= 11 is 0. The van der Waals surface area contributed by atoms with Crippen molar-refractivity contribution in [3.05, 3.63) is 0 Å². The summed E-state index contributed by atoms with van der Waals surface area (Å²) in [6.45, 7) is 9.07. The summed E-state index contributed by atoms with van der Waals surface area (Å²) in [7, 11) is 0. The molecule has 1 aliphatic heterocycles. The zero-order chi connectivity index (χ0) is 13.1. The second-order valence-electron chi connectivity index (χ2n) is 5.06. The fraction of sp³-hybridized carbons (Fsp3) is 0.833. The van der Waals surface area contributed by atoms with Crippen LogP contribution in [-0.4, -0.2) is 59.5 Å². The number of carbonyl (C=O) groups excluding carboxylic acids is 1. The summed E-state index contributed by atoms with van der Waals surface area (Å²) in [5, 5.41) is 9.02. The molecule has 0 radical (unpaired) electrons. The van der Waals surface area contributed by atoms with Crippen molar-refractivity contribution in [2.45, 2.75) is 27.2 Å². The molecule has 1 amide bonds. The van der Waals surface area contributed by atoms with Gasteiger partial charge in [-0.05, 0) is 26.8 Å². The molecule has 0 aromatic rings.